The summed E-state index contributed by atoms with van der Waals surface area (Å²) >= 11 is 0. The van der Waals surface area contributed by atoms with Crippen LogP contribution in [0.25, 0.3) is 0 Å². The number of carbonyl (C=O) groups is 5. The number of methoxy groups -OCH3 is 1. The summed E-state index contributed by atoms with van der Waals surface area (Å²) in [5.41, 5.74) is -0.843. The van der Waals surface area contributed by atoms with Crippen LogP contribution in [0.4, 0.5) is 0 Å². The Balaban J connectivity index is 1.67. The molecule has 0 aromatic heterocycles. The Morgan fingerprint density at radius 3 is 2.00 bits per heavy atom. The molecular formula is C30H23BO10. The minimum atomic E-state index is -1.61. The van der Waals surface area contributed by atoms with Crippen LogP contribution in [0.1, 0.15) is 69.3 Å². The molecule has 10 nitrogen and oxygen atoms in total. The van der Waals surface area contributed by atoms with E-state index >= 15 is 0 Å². The van der Waals surface area contributed by atoms with Crippen molar-refractivity contribution in [3.05, 3.63) is 88.0 Å². The van der Waals surface area contributed by atoms with Crippen molar-refractivity contribution in [1.82, 2.24) is 0 Å². The molecule has 1 aliphatic heterocycles. The Hall–Kier alpha value is -4.61. The predicted octanol–water partition coefficient (Wildman–Crippen LogP) is 2.65. The second-order valence-corrected chi connectivity index (χ2v) is 10.0. The SMILES string of the molecule is COC(=O)[C@]12Cc3c(OC(C)=O)c4c(c(OC(C)=O)c3[C@H](C1)OB(c1ccccc1)O2)C(=O)c1ccccc1C4=O. The molecule has 2 atom stereocenters. The van der Waals surface area contributed by atoms with Crippen LogP contribution in [0.3, 0.4) is 0 Å². The van der Waals surface area contributed by atoms with Crippen molar-refractivity contribution in [2.45, 2.75) is 38.4 Å². The van der Waals surface area contributed by atoms with Crippen LogP contribution < -0.4 is 14.9 Å². The first-order valence-corrected chi connectivity index (χ1v) is 12.9. The minimum Gasteiger partial charge on any atom is -0.467 e. The van der Waals surface area contributed by atoms with Gasteiger partial charge in [-0.05, 0) is 5.46 Å². The van der Waals surface area contributed by atoms with Gasteiger partial charge in [0.1, 0.15) is 11.5 Å². The van der Waals surface area contributed by atoms with Crippen molar-refractivity contribution in [1.29, 1.82) is 0 Å². The maximum absolute atomic E-state index is 13.9. The first-order chi connectivity index (χ1) is 19.6. The van der Waals surface area contributed by atoms with Gasteiger partial charge in [0, 0.05) is 48.9 Å². The van der Waals surface area contributed by atoms with Crippen molar-refractivity contribution in [2.75, 3.05) is 7.11 Å². The molecule has 0 saturated carbocycles. The quantitative estimate of drug-likeness (QED) is 0.211. The van der Waals surface area contributed by atoms with Crippen LogP contribution in [-0.2, 0) is 34.9 Å². The van der Waals surface area contributed by atoms with Gasteiger partial charge in [0.15, 0.2) is 17.2 Å². The number of carbonyl (C=O) groups excluding carboxylic acids is 5. The molecule has 3 aromatic carbocycles. The van der Waals surface area contributed by atoms with Gasteiger partial charge in [-0.25, -0.2) is 4.79 Å². The highest BCUT2D eigenvalue weighted by molar-refractivity contribution is 6.61. The zero-order valence-electron chi connectivity index (χ0n) is 22.3. The Kier molecular flexibility index (Phi) is 6.35. The summed E-state index contributed by atoms with van der Waals surface area (Å²) in [6.07, 6.45) is -1.25. The van der Waals surface area contributed by atoms with Crippen LogP contribution in [0.5, 0.6) is 11.5 Å². The van der Waals surface area contributed by atoms with Crippen LogP contribution in [0.2, 0.25) is 0 Å². The van der Waals surface area contributed by atoms with Gasteiger partial charge < -0.3 is 23.5 Å². The molecule has 0 amide bonds. The van der Waals surface area contributed by atoms with Gasteiger partial charge in [-0.2, -0.15) is 0 Å². The molecule has 1 heterocycles. The number of hydrogen-bond donors (Lipinski definition) is 0. The summed E-state index contributed by atoms with van der Waals surface area (Å²) in [5.74, 6) is -3.79. The monoisotopic (exact) mass is 554 g/mol. The van der Waals surface area contributed by atoms with E-state index in [9.17, 15) is 24.0 Å². The number of fused-ring (bicyclic) bond motifs is 6. The number of hydrogen-bond acceptors (Lipinski definition) is 10. The van der Waals surface area contributed by atoms with Crippen molar-refractivity contribution in [3.8, 4) is 11.5 Å². The summed E-state index contributed by atoms with van der Waals surface area (Å²) in [6, 6.07) is 15.1. The molecule has 0 unspecified atom stereocenters. The number of rotatable bonds is 4. The highest BCUT2D eigenvalue weighted by atomic mass is 16.6. The molecule has 0 spiro atoms. The first-order valence-electron chi connectivity index (χ1n) is 12.9. The molecule has 1 saturated heterocycles. The number of esters is 3. The third-order valence-corrected chi connectivity index (χ3v) is 7.46. The van der Waals surface area contributed by atoms with Crippen LogP contribution >= 0.6 is 0 Å². The number of ether oxygens (including phenoxy) is 3. The maximum Gasteiger partial charge on any atom is 0.495 e. The summed E-state index contributed by atoms with van der Waals surface area (Å²) in [5, 5.41) is 0. The molecule has 1 fully saturated rings. The lowest BCUT2D eigenvalue weighted by Gasteiger charge is -2.47. The largest absolute Gasteiger partial charge is 0.495 e. The molecule has 11 heteroatoms. The topological polar surface area (TPSA) is 132 Å². The van der Waals surface area contributed by atoms with E-state index in [1.54, 1.807) is 36.4 Å². The molecule has 6 rings (SSSR count). The first kappa shape index (κ1) is 26.6. The van der Waals surface area contributed by atoms with Gasteiger partial charge in [-0.15, -0.1) is 0 Å². The lowest BCUT2D eigenvalue weighted by atomic mass is 9.67. The highest BCUT2D eigenvalue weighted by Crippen LogP contribution is 2.54. The average molecular weight is 554 g/mol. The Morgan fingerprint density at radius 1 is 0.854 bits per heavy atom. The summed E-state index contributed by atoms with van der Waals surface area (Å²) in [6.45, 7) is 2.32. The van der Waals surface area contributed by atoms with E-state index in [0.29, 0.717) is 5.46 Å². The Bertz CT molecular complexity index is 1660. The Morgan fingerprint density at radius 2 is 1.41 bits per heavy atom. The fourth-order valence-corrected chi connectivity index (χ4v) is 5.87. The molecule has 3 aliphatic rings. The van der Waals surface area contributed by atoms with Crippen molar-refractivity contribution >= 4 is 42.1 Å². The second kappa shape index (κ2) is 9.79. The second-order valence-electron chi connectivity index (χ2n) is 10.0. The van der Waals surface area contributed by atoms with Gasteiger partial charge in [0.25, 0.3) is 0 Å². The number of ketones is 2. The maximum atomic E-state index is 13.9. The number of benzene rings is 3. The van der Waals surface area contributed by atoms with E-state index in [2.05, 4.69) is 0 Å². The van der Waals surface area contributed by atoms with Crippen molar-refractivity contribution < 1.29 is 47.5 Å². The lowest BCUT2D eigenvalue weighted by molar-refractivity contribution is -0.170. The minimum absolute atomic E-state index is 0.0543. The van der Waals surface area contributed by atoms with E-state index in [4.69, 9.17) is 23.5 Å². The fraction of sp³-hybridized carbons (Fsp3) is 0.233. The molecule has 2 bridgehead atoms. The van der Waals surface area contributed by atoms with Crippen LogP contribution in [-0.4, -0.2) is 49.3 Å². The van der Waals surface area contributed by atoms with E-state index in [-0.39, 0.29) is 57.7 Å². The van der Waals surface area contributed by atoms with E-state index in [1.165, 1.54) is 26.2 Å². The summed E-state index contributed by atoms with van der Waals surface area (Å²) in [7, 11) is 0.194. The summed E-state index contributed by atoms with van der Waals surface area (Å²) < 4.78 is 29.0. The molecule has 0 N–H and O–H groups in total. The standard InChI is InChI=1S/C30H23BO10/c1-15(32)38-27-20-13-30(29(36)37-3)14-21(40-31(41-30)17-9-5-4-6-10-17)22(20)28(39-16(2)33)24-23(27)25(34)18-11-7-8-12-19(18)26(24)35/h4-12,21H,13-14H2,1-3H3/t21-,30-/m0/s1. The van der Waals surface area contributed by atoms with Crippen molar-refractivity contribution in [2.24, 2.45) is 0 Å². The molecule has 3 aromatic rings. The smallest absolute Gasteiger partial charge is 0.467 e. The highest BCUT2D eigenvalue weighted by Gasteiger charge is 2.57. The van der Waals surface area contributed by atoms with Crippen LogP contribution in [0.15, 0.2) is 54.6 Å². The van der Waals surface area contributed by atoms with Gasteiger partial charge in [-0.1, -0.05) is 54.6 Å². The van der Waals surface area contributed by atoms with E-state index in [1.807, 2.05) is 6.07 Å². The van der Waals surface area contributed by atoms with Crippen molar-refractivity contribution in [3.63, 3.8) is 0 Å². The normalized spacial score (nSPS) is 20.4. The molecule has 0 radical (unpaired) electrons. The zero-order valence-corrected chi connectivity index (χ0v) is 22.3. The van der Waals surface area contributed by atoms with Gasteiger partial charge in [0.05, 0.1) is 24.3 Å². The van der Waals surface area contributed by atoms with Gasteiger partial charge >= 0.3 is 25.0 Å². The summed E-state index contributed by atoms with van der Waals surface area (Å²) in [4.78, 5) is 66.0. The third-order valence-electron chi connectivity index (χ3n) is 7.46. The molecule has 2 aliphatic carbocycles. The Labute approximate surface area is 234 Å². The third kappa shape index (κ3) is 4.16. The lowest BCUT2D eigenvalue weighted by Crippen LogP contribution is -2.59. The van der Waals surface area contributed by atoms with Gasteiger partial charge in [0.2, 0.25) is 0 Å². The van der Waals surface area contributed by atoms with Crippen LogP contribution in [0, 0.1) is 0 Å². The predicted molar refractivity (Wildman–Crippen MR) is 142 cm³/mol. The molecular weight excluding hydrogens is 531 g/mol. The zero-order chi connectivity index (χ0) is 29.1. The van der Waals surface area contributed by atoms with E-state index < -0.39 is 48.3 Å². The molecule has 41 heavy (non-hydrogen) atoms. The molecule has 206 valence electrons. The fourth-order valence-electron chi connectivity index (χ4n) is 5.87. The van der Waals surface area contributed by atoms with Gasteiger partial charge in [-0.3, -0.25) is 19.2 Å². The average Bonchev–Trinajstić information content (AvgIpc) is 2.96. The van der Waals surface area contributed by atoms with E-state index in [0.717, 1.165) is 6.92 Å².